The van der Waals surface area contributed by atoms with Gasteiger partial charge in [-0.1, -0.05) is 6.07 Å². The van der Waals surface area contributed by atoms with Crippen molar-refractivity contribution >= 4 is 11.8 Å². The van der Waals surface area contributed by atoms with Crippen LogP contribution in [0.3, 0.4) is 0 Å². The van der Waals surface area contributed by atoms with Crippen LogP contribution in [0.25, 0.3) is 0 Å². The highest BCUT2D eigenvalue weighted by molar-refractivity contribution is 7.98. The molecule has 0 heterocycles. The Bertz CT molecular complexity index is 336. The van der Waals surface area contributed by atoms with E-state index in [1.807, 2.05) is 6.26 Å². The monoisotopic (exact) mass is 236 g/mol. The summed E-state index contributed by atoms with van der Waals surface area (Å²) in [5.41, 5.74) is 0.220. The van der Waals surface area contributed by atoms with Gasteiger partial charge in [0.05, 0.1) is 13.5 Å². The van der Waals surface area contributed by atoms with E-state index in [-0.39, 0.29) is 5.56 Å². The molecule has 0 aliphatic heterocycles. The molecule has 0 atom stereocenters. The largest absolute Gasteiger partial charge is 0.496 e. The van der Waals surface area contributed by atoms with Crippen LogP contribution in [0.15, 0.2) is 23.1 Å². The standard InChI is InChI=1S/C10H11F3OS/c1-14-8-5-7(6-10(11,12)13)3-4-9(8)15-2/h3-5H,6H2,1-2H3. The molecule has 1 nitrogen and oxygen atoms in total. The minimum atomic E-state index is -4.17. The van der Waals surface area contributed by atoms with Crippen molar-refractivity contribution in [3.63, 3.8) is 0 Å². The summed E-state index contributed by atoms with van der Waals surface area (Å²) in [5.74, 6) is 0.490. The molecule has 84 valence electrons. The normalized spacial score (nSPS) is 11.5. The molecule has 5 heteroatoms. The van der Waals surface area contributed by atoms with Gasteiger partial charge in [0.1, 0.15) is 5.75 Å². The van der Waals surface area contributed by atoms with E-state index in [0.717, 1.165) is 4.90 Å². The molecule has 0 N–H and O–H groups in total. The number of rotatable bonds is 3. The van der Waals surface area contributed by atoms with Gasteiger partial charge >= 0.3 is 6.18 Å². The van der Waals surface area contributed by atoms with Gasteiger partial charge in [0.25, 0.3) is 0 Å². The molecule has 0 saturated heterocycles. The summed E-state index contributed by atoms with van der Waals surface area (Å²) in [4.78, 5) is 0.837. The number of ether oxygens (including phenoxy) is 1. The van der Waals surface area contributed by atoms with E-state index < -0.39 is 12.6 Å². The maximum Gasteiger partial charge on any atom is 0.393 e. The predicted molar refractivity (Wildman–Crippen MR) is 54.5 cm³/mol. The lowest BCUT2D eigenvalue weighted by Gasteiger charge is -2.10. The average Bonchev–Trinajstić information content (AvgIpc) is 2.15. The minimum Gasteiger partial charge on any atom is -0.496 e. The van der Waals surface area contributed by atoms with E-state index >= 15 is 0 Å². The van der Waals surface area contributed by atoms with Crippen molar-refractivity contribution in [2.24, 2.45) is 0 Å². The summed E-state index contributed by atoms with van der Waals surface area (Å²) in [6.45, 7) is 0. The van der Waals surface area contributed by atoms with E-state index in [2.05, 4.69) is 0 Å². The molecule has 0 fully saturated rings. The number of thioether (sulfide) groups is 1. The molecular weight excluding hydrogens is 225 g/mol. The molecule has 1 aromatic rings. The molecule has 0 aromatic heterocycles. The highest BCUT2D eigenvalue weighted by Gasteiger charge is 2.27. The van der Waals surface area contributed by atoms with Crippen molar-refractivity contribution in [3.8, 4) is 5.75 Å². The molecule has 0 saturated carbocycles. The zero-order chi connectivity index (χ0) is 11.5. The predicted octanol–water partition coefficient (Wildman–Crippen LogP) is 3.52. The summed E-state index contributed by atoms with van der Waals surface area (Å²) >= 11 is 1.44. The van der Waals surface area contributed by atoms with Crippen molar-refractivity contribution in [2.45, 2.75) is 17.5 Å². The van der Waals surface area contributed by atoms with Gasteiger partial charge in [-0.15, -0.1) is 11.8 Å². The lowest BCUT2D eigenvalue weighted by atomic mass is 10.1. The molecule has 0 aliphatic carbocycles. The Kier molecular flexibility index (Phi) is 3.90. The third kappa shape index (κ3) is 3.66. The molecular formula is C10H11F3OS. The van der Waals surface area contributed by atoms with Gasteiger partial charge in [-0.05, 0) is 24.0 Å². The number of hydrogen-bond donors (Lipinski definition) is 0. The zero-order valence-electron chi connectivity index (χ0n) is 8.39. The maximum absolute atomic E-state index is 12.1. The number of benzene rings is 1. The maximum atomic E-state index is 12.1. The molecule has 0 spiro atoms. The fourth-order valence-corrected chi connectivity index (χ4v) is 1.77. The van der Waals surface area contributed by atoms with Crippen LogP contribution in [0.2, 0.25) is 0 Å². The van der Waals surface area contributed by atoms with Crippen molar-refractivity contribution in [3.05, 3.63) is 23.8 Å². The van der Waals surface area contributed by atoms with Crippen LogP contribution in [-0.2, 0) is 6.42 Å². The number of alkyl halides is 3. The topological polar surface area (TPSA) is 9.23 Å². The molecule has 1 rings (SSSR count). The van der Waals surface area contributed by atoms with Crippen LogP contribution in [0.5, 0.6) is 5.75 Å². The second-order valence-electron chi connectivity index (χ2n) is 2.98. The van der Waals surface area contributed by atoms with Crippen LogP contribution in [0.4, 0.5) is 13.2 Å². The molecule has 15 heavy (non-hydrogen) atoms. The third-order valence-electron chi connectivity index (χ3n) is 1.85. The number of methoxy groups -OCH3 is 1. The van der Waals surface area contributed by atoms with E-state index in [0.29, 0.717) is 5.75 Å². The molecule has 0 bridgehead atoms. The van der Waals surface area contributed by atoms with Gasteiger partial charge in [-0.25, -0.2) is 0 Å². The lowest BCUT2D eigenvalue weighted by molar-refractivity contribution is -0.127. The van der Waals surface area contributed by atoms with E-state index in [1.54, 1.807) is 6.07 Å². The van der Waals surface area contributed by atoms with Crippen molar-refractivity contribution in [1.29, 1.82) is 0 Å². The van der Waals surface area contributed by atoms with E-state index in [4.69, 9.17) is 4.74 Å². The van der Waals surface area contributed by atoms with Gasteiger partial charge in [0.15, 0.2) is 0 Å². The minimum absolute atomic E-state index is 0.220. The molecule has 1 aromatic carbocycles. The van der Waals surface area contributed by atoms with Crippen LogP contribution in [-0.4, -0.2) is 19.5 Å². The molecule has 0 radical (unpaired) electrons. The van der Waals surface area contributed by atoms with Crippen LogP contribution >= 0.6 is 11.8 Å². The highest BCUT2D eigenvalue weighted by atomic mass is 32.2. The fourth-order valence-electron chi connectivity index (χ4n) is 1.22. The zero-order valence-corrected chi connectivity index (χ0v) is 9.21. The fraction of sp³-hybridized carbons (Fsp3) is 0.400. The van der Waals surface area contributed by atoms with Crippen molar-refractivity contribution in [2.75, 3.05) is 13.4 Å². The first-order valence-corrected chi connectivity index (χ1v) is 5.46. The summed E-state index contributed by atoms with van der Waals surface area (Å²) in [7, 11) is 1.45. The second-order valence-corrected chi connectivity index (χ2v) is 3.83. The van der Waals surface area contributed by atoms with Crippen molar-refractivity contribution < 1.29 is 17.9 Å². The highest BCUT2D eigenvalue weighted by Crippen LogP contribution is 2.30. The third-order valence-corrected chi connectivity index (χ3v) is 2.63. The molecule has 0 amide bonds. The number of halogens is 3. The van der Waals surface area contributed by atoms with Gasteiger partial charge in [-0.2, -0.15) is 13.2 Å². The average molecular weight is 236 g/mol. The van der Waals surface area contributed by atoms with Crippen LogP contribution < -0.4 is 4.74 Å². The first-order valence-electron chi connectivity index (χ1n) is 4.24. The summed E-state index contributed by atoms with van der Waals surface area (Å²) < 4.78 is 41.3. The Labute approximate surface area is 90.6 Å². The summed E-state index contributed by atoms with van der Waals surface area (Å²) in [5, 5.41) is 0. The quantitative estimate of drug-likeness (QED) is 0.742. The Morgan fingerprint density at radius 3 is 2.47 bits per heavy atom. The Morgan fingerprint density at radius 1 is 1.33 bits per heavy atom. The second kappa shape index (κ2) is 4.79. The first kappa shape index (κ1) is 12.2. The van der Waals surface area contributed by atoms with Crippen molar-refractivity contribution in [1.82, 2.24) is 0 Å². The number of hydrogen-bond acceptors (Lipinski definition) is 2. The van der Waals surface area contributed by atoms with Crippen LogP contribution in [0, 0.1) is 0 Å². The van der Waals surface area contributed by atoms with Gasteiger partial charge in [0.2, 0.25) is 0 Å². The summed E-state index contributed by atoms with van der Waals surface area (Å²) in [6.07, 6.45) is -3.24. The molecule has 0 aliphatic rings. The first-order chi connectivity index (χ1) is 6.96. The Hall–Kier alpha value is -0.840. The van der Waals surface area contributed by atoms with E-state index in [9.17, 15) is 13.2 Å². The Morgan fingerprint density at radius 2 is 2.00 bits per heavy atom. The van der Waals surface area contributed by atoms with Crippen LogP contribution in [0.1, 0.15) is 5.56 Å². The van der Waals surface area contributed by atoms with E-state index in [1.165, 1.54) is 31.0 Å². The Balaban J connectivity index is 2.93. The smallest absolute Gasteiger partial charge is 0.393 e. The molecule has 0 unspecified atom stereocenters. The lowest BCUT2D eigenvalue weighted by Crippen LogP contribution is -2.11. The van der Waals surface area contributed by atoms with Gasteiger partial charge in [-0.3, -0.25) is 0 Å². The summed E-state index contributed by atoms with van der Waals surface area (Å²) in [6, 6.07) is 4.55. The van der Waals surface area contributed by atoms with Gasteiger partial charge < -0.3 is 4.74 Å². The van der Waals surface area contributed by atoms with Gasteiger partial charge in [0, 0.05) is 4.90 Å². The SMILES string of the molecule is COc1cc(CC(F)(F)F)ccc1SC.